The Balaban J connectivity index is 1.53. The summed E-state index contributed by atoms with van der Waals surface area (Å²) in [5.41, 5.74) is 14.3. The van der Waals surface area contributed by atoms with Crippen LogP contribution in [0, 0.1) is 11.6 Å². The Bertz CT molecular complexity index is 1240. The van der Waals surface area contributed by atoms with Gasteiger partial charge in [-0.3, -0.25) is 5.10 Å². The number of anilines is 3. The van der Waals surface area contributed by atoms with E-state index in [2.05, 4.69) is 20.8 Å². The number of rotatable bonds is 4. The van der Waals surface area contributed by atoms with Crippen LogP contribution in [0.15, 0.2) is 54.6 Å². The van der Waals surface area contributed by atoms with Crippen LogP contribution in [0.4, 0.5) is 30.8 Å². The van der Waals surface area contributed by atoms with Crippen molar-refractivity contribution < 1.29 is 13.6 Å². The van der Waals surface area contributed by atoms with Crippen molar-refractivity contribution >= 4 is 34.1 Å². The van der Waals surface area contributed by atoms with E-state index in [0.29, 0.717) is 22.2 Å². The molecule has 152 valence electrons. The molecule has 0 aliphatic rings. The number of H-pyrrole nitrogens is 1. The Morgan fingerprint density at radius 2 is 1.73 bits per heavy atom. The smallest absolute Gasteiger partial charge is 0.323 e. The van der Waals surface area contributed by atoms with Crippen LogP contribution in [-0.2, 0) is 6.54 Å². The average Bonchev–Trinajstić information content (AvgIpc) is 3.13. The number of nitrogen functional groups attached to an aromatic ring is 1. The van der Waals surface area contributed by atoms with Crippen LogP contribution >= 0.6 is 0 Å². The largest absolute Gasteiger partial charge is 0.382 e. The van der Waals surface area contributed by atoms with Gasteiger partial charge in [-0.15, -0.1) is 0 Å². The monoisotopic (exact) mass is 408 g/mol. The number of fused-ring (bicyclic) bond motifs is 1. The van der Waals surface area contributed by atoms with E-state index < -0.39 is 17.7 Å². The Hall–Kier alpha value is -3.98. The first kappa shape index (κ1) is 19.3. The number of nitrogens with zero attached hydrogens (tertiary/aromatic N) is 1. The summed E-state index contributed by atoms with van der Waals surface area (Å²) in [7, 11) is 0. The molecule has 0 fully saturated rings. The molecule has 7 nitrogen and oxygen atoms in total. The number of nitrogens with one attached hydrogen (secondary N) is 3. The van der Waals surface area contributed by atoms with Crippen molar-refractivity contribution in [3.63, 3.8) is 0 Å². The third kappa shape index (κ3) is 3.65. The Morgan fingerprint density at radius 1 is 1.00 bits per heavy atom. The zero-order chi connectivity index (χ0) is 21.3. The lowest BCUT2D eigenvalue weighted by atomic mass is 10.0. The molecule has 2 amide bonds. The molecule has 1 aromatic heterocycles. The second kappa shape index (κ2) is 7.80. The fraction of sp³-hybridized carbons (Fsp3) is 0.0476. The highest BCUT2D eigenvalue weighted by atomic mass is 19.1. The second-order valence-electron chi connectivity index (χ2n) is 6.63. The van der Waals surface area contributed by atoms with E-state index in [1.54, 1.807) is 36.4 Å². The van der Waals surface area contributed by atoms with Crippen molar-refractivity contribution in [1.29, 1.82) is 0 Å². The van der Waals surface area contributed by atoms with E-state index in [4.69, 9.17) is 11.5 Å². The van der Waals surface area contributed by atoms with E-state index in [-0.39, 0.29) is 23.6 Å². The highest BCUT2D eigenvalue weighted by Gasteiger charge is 2.14. The molecule has 0 aliphatic carbocycles. The first-order valence-electron chi connectivity index (χ1n) is 9.05. The minimum atomic E-state index is -0.598. The Morgan fingerprint density at radius 3 is 2.47 bits per heavy atom. The Kier molecular flexibility index (Phi) is 5.03. The van der Waals surface area contributed by atoms with Crippen molar-refractivity contribution in [3.8, 4) is 11.1 Å². The summed E-state index contributed by atoms with van der Waals surface area (Å²) < 4.78 is 27.8. The van der Waals surface area contributed by atoms with Gasteiger partial charge in [-0.05, 0) is 47.0 Å². The summed E-state index contributed by atoms with van der Waals surface area (Å²) >= 11 is 0. The maximum Gasteiger partial charge on any atom is 0.323 e. The van der Waals surface area contributed by atoms with Crippen LogP contribution in [-0.4, -0.2) is 16.2 Å². The molecule has 0 saturated carbocycles. The number of aromatic amines is 1. The topological polar surface area (TPSA) is 122 Å². The SMILES string of the molecule is NCc1ccc(F)c(NC(=O)Nc2ccc(-c3ccc(F)c4[nH]nc(N)c34)cc2)c1. The summed E-state index contributed by atoms with van der Waals surface area (Å²) in [6, 6.07) is 13.5. The summed E-state index contributed by atoms with van der Waals surface area (Å²) in [5.74, 6) is -0.808. The molecule has 0 atom stereocenters. The zero-order valence-corrected chi connectivity index (χ0v) is 15.7. The molecule has 4 aromatic rings. The molecule has 1 heterocycles. The minimum absolute atomic E-state index is 0.0382. The predicted molar refractivity (Wildman–Crippen MR) is 113 cm³/mol. The molecule has 0 spiro atoms. The molecular formula is C21H18F2N6O. The van der Waals surface area contributed by atoms with Crippen LogP contribution in [0.1, 0.15) is 5.56 Å². The van der Waals surface area contributed by atoms with Crippen molar-refractivity contribution in [1.82, 2.24) is 10.2 Å². The first-order chi connectivity index (χ1) is 14.5. The van der Waals surface area contributed by atoms with Crippen molar-refractivity contribution in [2.24, 2.45) is 5.73 Å². The summed E-state index contributed by atoms with van der Waals surface area (Å²) in [5, 5.41) is 12.0. The number of hydrogen-bond acceptors (Lipinski definition) is 4. The number of carbonyl (C=O) groups excluding carboxylic acids is 1. The van der Waals surface area contributed by atoms with Crippen molar-refractivity contribution in [2.45, 2.75) is 6.54 Å². The fourth-order valence-electron chi connectivity index (χ4n) is 3.18. The third-order valence-corrected chi connectivity index (χ3v) is 4.67. The quantitative estimate of drug-likeness (QED) is 0.347. The van der Waals surface area contributed by atoms with Gasteiger partial charge in [0.2, 0.25) is 0 Å². The number of aromatic nitrogens is 2. The van der Waals surface area contributed by atoms with Crippen molar-refractivity contribution in [2.75, 3.05) is 16.4 Å². The standard InChI is InChI=1S/C21H18F2N6O/c22-15-7-1-11(10-24)9-17(15)27-21(30)26-13-4-2-12(3-5-13)14-6-8-16(23)19-18(14)20(25)29-28-19/h1-9H,10,24H2,(H3,25,28,29)(H2,26,27,30). The van der Waals surface area contributed by atoms with Crippen LogP contribution in [0.25, 0.3) is 22.0 Å². The number of amides is 2. The zero-order valence-electron chi connectivity index (χ0n) is 15.7. The van der Waals surface area contributed by atoms with Crippen LogP contribution in [0.3, 0.4) is 0 Å². The lowest BCUT2D eigenvalue weighted by Crippen LogP contribution is -2.20. The van der Waals surface area contributed by atoms with Gasteiger partial charge in [-0.2, -0.15) is 5.10 Å². The number of carbonyl (C=O) groups is 1. The van der Waals surface area contributed by atoms with E-state index in [1.807, 2.05) is 0 Å². The molecule has 3 aromatic carbocycles. The molecule has 0 saturated heterocycles. The van der Waals surface area contributed by atoms with E-state index in [0.717, 1.165) is 5.56 Å². The Labute approximate surface area is 170 Å². The van der Waals surface area contributed by atoms with Gasteiger partial charge in [-0.25, -0.2) is 13.6 Å². The van der Waals surface area contributed by atoms with Crippen LogP contribution in [0.5, 0.6) is 0 Å². The van der Waals surface area contributed by atoms with E-state index in [1.165, 1.54) is 18.2 Å². The second-order valence-corrected chi connectivity index (χ2v) is 6.63. The molecule has 4 rings (SSSR count). The number of nitrogens with two attached hydrogens (primary N) is 2. The number of urea groups is 1. The number of halogens is 2. The molecular weight excluding hydrogens is 390 g/mol. The third-order valence-electron chi connectivity index (χ3n) is 4.67. The molecule has 0 bridgehead atoms. The number of hydrogen-bond donors (Lipinski definition) is 5. The van der Waals surface area contributed by atoms with Crippen LogP contribution < -0.4 is 22.1 Å². The summed E-state index contributed by atoms with van der Waals surface area (Å²) in [6.07, 6.45) is 0. The molecule has 30 heavy (non-hydrogen) atoms. The minimum Gasteiger partial charge on any atom is -0.382 e. The van der Waals surface area contributed by atoms with Gasteiger partial charge in [0.1, 0.15) is 17.2 Å². The van der Waals surface area contributed by atoms with Gasteiger partial charge < -0.3 is 22.1 Å². The van der Waals surface area contributed by atoms with Gasteiger partial charge in [0.25, 0.3) is 0 Å². The lowest BCUT2D eigenvalue weighted by molar-refractivity contribution is 0.262. The molecule has 0 unspecified atom stereocenters. The number of benzene rings is 3. The molecule has 0 radical (unpaired) electrons. The molecule has 7 N–H and O–H groups in total. The maximum atomic E-state index is 13.9. The molecule has 9 heteroatoms. The highest BCUT2D eigenvalue weighted by Crippen LogP contribution is 2.33. The predicted octanol–water partition coefficient (Wildman–Crippen LogP) is 4.19. The van der Waals surface area contributed by atoms with Gasteiger partial charge in [0.15, 0.2) is 5.82 Å². The van der Waals surface area contributed by atoms with Gasteiger partial charge >= 0.3 is 6.03 Å². The maximum absolute atomic E-state index is 13.9. The van der Waals surface area contributed by atoms with Crippen LogP contribution in [0.2, 0.25) is 0 Å². The highest BCUT2D eigenvalue weighted by molar-refractivity contribution is 6.03. The van der Waals surface area contributed by atoms with Gasteiger partial charge in [-0.1, -0.05) is 24.3 Å². The van der Waals surface area contributed by atoms with Gasteiger partial charge in [0.05, 0.1) is 11.1 Å². The van der Waals surface area contributed by atoms with E-state index >= 15 is 0 Å². The molecule has 0 aliphatic heterocycles. The van der Waals surface area contributed by atoms with Crippen molar-refractivity contribution in [3.05, 3.63) is 71.8 Å². The lowest BCUT2D eigenvalue weighted by Gasteiger charge is -2.11. The average molecular weight is 408 g/mol. The normalized spacial score (nSPS) is 10.9. The summed E-state index contributed by atoms with van der Waals surface area (Å²) in [4.78, 5) is 12.2. The van der Waals surface area contributed by atoms with E-state index in [9.17, 15) is 13.6 Å². The fourth-order valence-corrected chi connectivity index (χ4v) is 3.18. The first-order valence-corrected chi connectivity index (χ1v) is 9.05. The van der Waals surface area contributed by atoms with Gasteiger partial charge in [0, 0.05) is 12.2 Å². The summed E-state index contributed by atoms with van der Waals surface area (Å²) in [6.45, 7) is 0.232.